The van der Waals surface area contributed by atoms with Crippen LogP contribution in [0.1, 0.15) is 33.0 Å². The molecule has 0 radical (unpaired) electrons. The summed E-state index contributed by atoms with van der Waals surface area (Å²) in [6.45, 7) is 0.567. The second-order valence-electron chi connectivity index (χ2n) is 8.41. The second-order valence-corrected chi connectivity index (χ2v) is 8.41. The Morgan fingerprint density at radius 1 is 0.771 bits per heavy atom. The van der Waals surface area contributed by atoms with E-state index in [2.05, 4.69) is 29.6 Å². The average molecular weight is 464 g/mol. The smallest absolute Gasteiger partial charge is 0.407 e. The first-order valence-electron chi connectivity index (χ1n) is 11.5. The summed E-state index contributed by atoms with van der Waals surface area (Å²) < 4.78 is 10.5. The predicted octanol–water partition coefficient (Wildman–Crippen LogP) is 6.18. The maximum absolute atomic E-state index is 12.6. The molecule has 1 amide bonds. The van der Waals surface area contributed by atoms with Gasteiger partial charge in [-0.3, -0.25) is 0 Å². The van der Waals surface area contributed by atoms with Crippen LogP contribution >= 0.6 is 0 Å². The van der Waals surface area contributed by atoms with Gasteiger partial charge in [0.1, 0.15) is 6.61 Å². The third kappa shape index (κ3) is 4.53. The molecule has 0 atom stereocenters. The van der Waals surface area contributed by atoms with Gasteiger partial charge in [-0.1, -0.05) is 84.9 Å². The number of fused-ring (bicyclic) bond motifs is 3. The molecule has 174 valence electrons. The number of benzene rings is 4. The van der Waals surface area contributed by atoms with Gasteiger partial charge in [-0.2, -0.15) is 0 Å². The number of esters is 1. The minimum Gasteiger partial charge on any atom is -0.465 e. The topological polar surface area (TPSA) is 64.6 Å². The van der Waals surface area contributed by atoms with Crippen molar-refractivity contribution in [3.63, 3.8) is 0 Å². The van der Waals surface area contributed by atoms with Crippen LogP contribution in [0.2, 0.25) is 0 Å². The Kier molecular flexibility index (Phi) is 6.31. The SMILES string of the molecule is COC(=O)c1cccc(-c2ccccc2CNC(=O)OCC2c3ccccc3-c3ccccc32)c1. The Hall–Kier alpha value is -4.38. The van der Waals surface area contributed by atoms with Gasteiger partial charge >= 0.3 is 12.1 Å². The molecule has 5 rings (SSSR count). The Bertz CT molecular complexity index is 1350. The molecular weight excluding hydrogens is 438 g/mol. The van der Waals surface area contributed by atoms with Gasteiger partial charge in [0.2, 0.25) is 0 Å². The number of carbonyl (C=O) groups excluding carboxylic acids is 2. The Labute approximate surface area is 204 Å². The molecule has 35 heavy (non-hydrogen) atoms. The van der Waals surface area contributed by atoms with Crippen molar-refractivity contribution >= 4 is 12.1 Å². The Morgan fingerprint density at radius 2 is 1.40 bits per heavy atom. The fourth-order valence-corrected chi connectivity index (χ4v) is 4.70. The highest BCUT2D eigenvalue weighted by atomic mass is 16.5. The van der Waals surface area contributed by atoms with Gasteiger partial charge in [0.25, 0.3) is 0 Å². The maximum atomic E-state index is 12.6. The quantitative estimate of drug-likeness (QED) is 0.347. The lowest BCUT2D eigenvalue weighted by molar-refractivity contribution is 0.0600. The molecule has 0 aromatic heterocycles. The van der Waals surface area contributed by atoms with E-state index in [-0.39, 0.29) is 18.5 Å². The van der Waals surface area contributed by atoms with Gasteiger partial charge in [-0.25, -0.2) is 9.59 Å². The van der Waals surface area contributed by atoms with Gasteiger partial charge in [-0.15, -0.1) is 0 Å². The number of ether oxygens (including phenoxy) is 2. The van der Waals surface area contributed by atoms with Crippen LogP contribution in [0.15, 0.2) is 97.1 Å². The highest BCUT2D eigenvalue weighted by Gasteiger charge is 2.29. The minimum absolute atomic E-state index is 0.0153. The number of nitrogens with one attached hydrogen (secondary N) is 1. The summed E-state index contributed by atoms with van der Waals surface area (Å²) in [5.41, 5.74) is 7.94. The number of methoxy groups -OCH3 is 1. The monoisotopic (exact) mass is 463 g/mol. The van der Waals surface area contributed by atoms with Crippen molar-refractivity contribution in [3.05, 3.63) is 119 Å². The zero-order chi connectivity index (χ0) is 24.2. The molecule has 4 aromatic carbocycles. The van der Waals surface area contributed by atoms with E-state index in [9.17, 15) is 9.59 Å². The third-order valence-electron chi connectivity index (χ3n) is 6.38. The molecule has 1 aliphatic rings. The molecule has 0 spiro atoms. The molecule has 0 bridgehead atoms. The van der Waals surface area contributed by atoms with Crippen LogP contribution < -0.4 is 5.32 Å². The first-order chi connectivity index (χ1) is 17.2. The van der Waals surface area contributed by atoms with Gasteiger partial charge in [0.15, 0.2) is 0 Å². The van der Waals surface area contributed by atoms with Crippen LogP contribution in [0.5, 0.6) is 0 Å². The van der Waals surface area contributed by atoms with Crippen molar-refractivity contribution in [1.82, 2.24) is 5.32 Å². The van der Waals surface area contributed by atoms with E-state index < -0.39 is 6.09 Å². The largest absolute Gasteiger partial charge is 0.465 e. The summed E-state index contributed by atoms with van der Waals surface area (Å²) in [5, 5.41) is 2.88. The highest BCUT2D eigenvalue weighted by Crippen LogP contribution is 2.44. The zero-order valence-corrected chi connectivity index (χ0v) is 19.4. The molecule has 5 heteroatoms. The number of carbonyl (C=O) groups is 2. The van der Waals surface area contributed by atoms with Crippen molar-refractivity contribution < 1.29 is 19.1 Å². The average Bonchev–Trinajstić information content (AvgIpc) is 3.24. The van der Waals surface area contributed by atoms with E-state index in [1.54, 1.807) is 12.1 Å². The van der Waals surface area contributed by atoms with Crippen molar-refractivity contribution in [2.45, 2.75) is 12.5 Å². The molecule has 0 fully saturated rings. The Morgan fingerprint density at radius 3 is 2.09 bits per heavy atom. The molecule has 0 aliphatic heterocycles. The lowest BCUT2D eigenvalue weighted by Gasteiger charge is -2.15. The normalized spacial score (nSPS) is 11.9. The molecule has 0 heterocycles. The maximum Gasteiger partial charge on any atom is 0.407 e. The molecule has 1 aliphatic carbocycles. The fraction of sp³-hybridized carbons (Fsp3) is 0.133. The minimum atomic E-state index is -0.468. The molecular formula is C30H25NO4. The summed E-state index contributed by atoms with van der Waals surface area (Å²) in [7, 11) is 1.36. The number of alkyl carbamates (subject to hydrolysis) is 1. The van der Waals surface area contributed by atoms with Gasteiger partial charge in [-0.05, 0) is 51.1 Å². The number of amides is 1. The summed E-state index contributed by atoms with van der Waals surface area (Å²) in [6, 6.07) is 31.5. The van der Waals surface area contributed by atoms with Crippen molar-refractivity contribution in [1.29, 1.82) is 0 Å². The van der Waals surface area contributed by atoms with E-state index in [1.165, 1.54) is 29.4 Å². The first-order valence-corrected chi connectivity index (χ1v) is 11.5. The van der Waals surface area contributed by atoms with Gasteiger partial charge in [0, 0.05) is 12.5 Å². The van der Waals surface area contributed by atoms with E-state index in [4.69, 9.17) is 9.47 Å². The van der Waals surface area contributed by atoms with Crippen LogP contribution in [0.4, 0.5) is 4.79 Å². The molecule has 4 aromatic rings. The summed E-state index contributed by atoms with van der Waals surface area (Å²) in [6.07, 6.45) is -0.468. The fourth-order valence-electron chi connectivity index (χ4n) is 4.70. The van der Waals surface area contributed by atoms with Crippen LogP contribution in [-0.2, 0) is 16.0 Å². The summed E-state index contributed by atoms with van der Waals surface area (Å²) >= 11 is 0. The lowest BCUT2D eigenvalue weighted by atomic mass is 9.98. The van der Waals surface area contributed by atoms with Crippen molar-refractivity contribution in [3.8, 4) is 22.3 Å². The standard InChI is InChI=1S/C30H25NO4/c1-34-29(32)21-11-8-10-20(17-21)23-12-3-2-9-22(23)18-31-30(33)35-19-28-26-15-6-4-13-24(26)25-14-5-7-16-27(25)28/h2-17,28H,18-19H2,1H3,(H,31,33). The van der Waals surface area contributed by atoms with E-state index >= 15 is 0 Å². The molecule has 0 saturated carbocycles. The lowest BCUT2D eigenvalue weighted by Crippen LogP contribution is -2.25. The van der Waals surface area contributed by atoms with Crippen LogP contribution in [0.3, 0.4) is 0 Å². The molecule has 0 unspecified atom stereocenters. The van der Waals surface area contributed by atoms with E-state index in [1.807, 2.05) is 60.7 Å². The number of hydrogen-bond acceptors (Lipinski definition) is 4. The molecule has 5 nitrogen and oxygen atoms in total. The van der Waals surface area contributed by atoms with E-state index in [0.29, 0.717) is 12.1 Å². The van der Waals surface area contributed by atoms with Crippen molar-refractivity contribution in [2.75, 3.05) is 13.7 Å². The van der Waals surface area contributed by atoms with Gasteiger partial charge < -0.3 is 14.8 Å². The highest BCUT2D eigenvalue weighted by molar-refractivity contribution is 5.91. The molecule has 1 N–H and O–H groups in total. The van der Waals surface area contributed by atoms with Crippen LogP contribution in [0.25, 0.3) is 22.3 Å². The summed E-state index contributed by atoms with van der Waals surface area (Å²) in [4.78, 5) is 24.6. The second kappa shape index (κ2) is 9.85. The molecule has 0 saturated heterocycles. The van der Waals surface area contributed by atoms with E-state index in [0.717, 1.165) is 16.7 Å². The van der Waals surface area contributed by atoms with Crippen LogP contribution in [-0.4, -0.2) is 25.8 Å². The zero-order valence-electron chi connectivity index (χ0n) is 19.4. The van der Waals surface area contributed by atoms with Gasteiger partial charge in [0.05, 0.1) is 12.7 Å². The third-order valence-corrected chi connectivity index (χ3v) is 6.38. The Balaban J connectivity index is 1.27. The van der Waals surface area contributed by atoms with Crippen LogP contribution in [0, 0.1) is 0 Å². The van der Waals surface area contributed by atoms with Crippen molar-refractivity contribution in [2.24, 2.45) is 0 Å². The summed E-state index contributed by atoms with van der Waals surface area (Å²) in [5.74, 6) is -0.373. The number of hydrogen-bond donors (Lipinski definition) is 1. The predicted molar refractivity (Wildman–Crippen MR) is 135 cm³/mol. The number of rotatable bonds is 6. The first kappa shape index (κ1) is 22.4.